The first-order valence-electron chi connectivity index (χ1n) is 3.86. The van der Waals surface area contributed by atoms with Gasteiger partial charge in [0, 0.05) is 18.1 Å². The van der Waals surface area contributed by atoms with E-state index in [1.54, 1.807) is 30.4 Å². The molecule has 0 bridgehead atoms. The lowest BCUT2D eigenvalue weighted by molar-refractivity contribution is 0.198. The molecule has 1 atom stereocenters. The van der Waals surface area contributed by atoms with Gasteiger partial charge in [-0.2, -0.15) is 11.8 Å². The van der Waals surface area contributed by atoms with Crippen LogP contribution in [0.2, 0.25) is 0 Å². The van der Waals surface area contributed by atoms with Crippen LogP contribution < -0.4 is 0 Å². The van der Waals surface area contributed by atoms with E-state index in [1.165, 1.54) is 0 Å². The Labute approximate surface area is 76.2 Å². The summed E-state index contributed by atoms with van der Waals surface area (Å²) < 4.78 is 0. The van der Waals surface area contributed by atoms with Crippen LogP contribution in [0, 0.1) is 0 Å². The van der Waals surface area contributed by atoms with E-state index in [1.807, 2.05) is 0 Å². The maximum absolute atomic E-state index is 9.53. The number of hydrogen-bond donors (Lipinski definition) is 1. The molecule has 1 N–H and O–H groups in total. The van der Waals surface area contributed by atoms with Crippen molar-refractivity contribution in [2.45, 2.75) is 13.0 Å². The fraction of sp³-hybridized carbons (Fsp3) is 0.500. The van der Waals surface area contributed by atoms with Gasteiger partial charge in [-0.05, 0) is 5.75 Å². The average molecular weight is 184 g/mol. The van der Waals surface area contributed by atoms with Crippen LogP contribution in [0.4, 0.5) is 0 Å². The summed E-state index contributed by atoms with van der Waals surface area (Å²) in [6, 6.07) is 0. The summed E-state index contributed by atoms with van der Waals surface area (Å²) in [5.74, 6) is 1.70. The van der Waals surface area contributed by atoms with Crippen LogP contribution in [0.15, 0.2) is 18.6 Å². The molecule has 4 heteroatoms. The maximum Gasteiger partial charge on any atom is 0.106 e. The standard InChI is InChI=1S/C8H12N2OS/c1-2-12-6-8(11)7-5-9-3-4-10-7/h3-5,8,11H,2,6H2,1H3. The molecule has 1 rings (SSSR count). The Hall–Kier alpha value is -0.610. The smallest absolute Gasteiger partial charge is 0.106 e. The third-order valence-electron chi connectivity index (χ3n) is 1.40. The highest BCUT2D eigenvalue weighted by Crippen LogP contribution is 2.14. The minimum Gasteiger partial charge on any atom is -0.386 e. The molecule has 0 aliphatic rings. The lowest BCUT2D eigenvalue weighted by Crippen LogP contribution is -2.03. The molecule has 1 heterocycles. The van der Waals surface area contributed by atoms with Crippen molar-refractivity contribution in [1.29, 1.82) is 0 Å². The van der Waals surface area contributed by atoms with Gasteiger partial charge in [-0.15, -0.1) is 0 Å². The summed E-state index contributed by atoms with van der Waals surface area (Å²) in [6.45, 7) is 2.06. The third-order valence-corrected chi connectivity index (χ3v) is 2.36. The fourth-order valence-corrected chi connectivity index (χ4v) is 1.43. The fourth-order valence-electron chi connectivity index (χ4n) is 0.798. The van der Waals surface area contributed by atoms with Gasteiger partial charge >= 0.3 is 0 Å². The van der Waals surface area contributed by atoms with E-state index in [-0.39, 0.29) is 0 Å². The summed E-state index contributed by atoms with van der Waals surface area (Å²) in [7, 11) is 0. The van der Waals surface area contributed by atoms with E-state index in [9.17, 15) is 5.11 Å². The molecule has 12 heavy (non-hydrogen) atoms. The molecule has 66 valence electrons. The van der Waals surface area contributed by atoms with Crippen molar-refractivity contribution in [1.82, 2.24) is 9.97 Å². The van der Waals surface area contributed by atoms with Gasteiger partial charge in [-0.1, -0.05) is 6.92 Å². The lowest BCUT2D eigenvalue weighted by atomic mass is 10.3. The summed E-state index contributed by atoms with van der Waals surface area (Å²) >= 11 is 1.69. The second-order valence-electron chi connectivity index (χ2n) is 2.31. The van der Waals surface area contributed by atoms with Crippen LogP contribution in [0.1, 0.15) is 18.7 Å². The monoisotopic (exact) mass is 184 g/mol. The number of aliphatic hydroxyl groups excluding tert-OH is 1. The number of hydrogen-bond acceptors (Lipinski definition) is 4. The van der Waals surface area contributed by atoms with Crippen molar-refractivity contribution in [2.75, 3.05) is 11.5 Å². The molecule has 0 aliphatic carbocycles. The normalized spacial score (nSPS) is 12.8. The average Bonchev–Trinajstić information content (AvgIpc) is 2.15. The van der Waals surface area contributed by atoms with Gasteiger partial charge in [0.05, 0.1) is 11.9 Å². The summed E-state index contributed by atoms with van der Waals surface area (Å²) in [5.41, 5.74) is 0.651. The van der Waals surface area contributed by atoms with Gasteiger partial charge in [-0.25, -0.2) is 0 Å². The van der Waals surface area contributed by atoms with Gasteiger partial charge in [0.2, 0.25) is 0 Å². The second kappa shape index (κ2) is 5.11. The molecule has 0 amide bonds. The maximum atomic E-state index is 9.53. The predicted molar refractivity (Wildman–Crippen MR) is 50.0 cm³/mol. The van der Waals surface area contributed by atoms with Crippen molar-refractivity contribution in [3.63, 3.8) is 0 Å². The number of thioether (sulfide) groups is 1. The van der Waals surface area contributed by atoms with Crippen LogP contribution in [-0.2, 0) is 0 Å². The Balaban J connectivity index is 2.48. The molecule has 0 fully saturated rings. The summed E-state index contributed by atoms with van der Waals surface area (Å²) in [5, 5.41) is 9.53. The van der Waals surface area contributed by atoms with Crippen molar-refractivity contribution < 1.29 is 5.11 Å². The van der Waals surface area contributed by atoms with Crippen LogP contribution in [0.5, 0.6) is 0 Å². The van der Waals surface area contributed by atoms with Crippen LogP contribution in [-0.4, -0.2) is 26.6 Å². The molecular weight excluding hydrogens is 172 g/mol. The molecule has 0 saturated heterocycles. The number of aromatic nitrogens is 2. The number of nitrogens with zero attached hydrogens (tertiary/aromatic N) is 2. The first-order chi connectivity index (χ1) is 5.84. The molecule has 1 unspecified atom stereocenters. The Bertz CT molecular complexity index is 218. The molecule has 0 aromatic carbocycles. The van der Waals surface area contributed by atoms with Gasteiger partial charge in [-0.3, -0.25) is 9.97 Å². The topological polar surface area (TPSA) is 46.0 Å². The van der Waals surface area contributed by atoms with Crippen LogP contribution in [0.25, 0.3) is 0 Å². The molecule has 0 radical (unpaired) electrons. The van der Waals surface area contributed by atoms with E-state index >= 15 is 0 Å². The third kappa shape index (κ3) is 2.79. The number of rotatable bonds is 4. The molecule has 3 nitrogen and oxygen atoms in total. The first kappa shape index (κ1) is 9.48. The Kier molecular flexibility index (Phi) is 4.04. The summed E-state index contributed by atoms with van der Waals surface area (Å²) in [6.07, 6.45) is 4.31. The zero-order valence-electron chi connectivity index (χ0n) is 6.97. The van der Waals surface area contributed by atoms with Crippen LogP contribution >= 0.6 is 11.8 Å². The zero-order chi connectivity index (χ0) is 8.81. The van der Waals surface area contributed by atoms with E-state index in [4.69, 9.17) is 0 Å². The van der Waals surface area contributed by atoms with Gasteiger partial charge < -0.3 is 5.11 Å². The van der Waals surface area contributed by atoms with E-state index in [2.05, 4.69) is 16.9 Å². The van der Waals surface area contributed by atoms with E-state index in [0.717, 1.165) is 5.75 Å². The van der Waals surface area contributed by atoms with Crippen molar-refractivity contribution >= 4 is 11.8 Å². The van der Waals surface area contributed by atoms with Gasteiger partial charge in [0.25, 0.3) is 0 Å². The second-order valence-corrected chi connectivity index (χ2v) is 3.62. The molecule has 1 aromatic heterocycles. The largest absolute Gasteiger partial charge is 0.386 e. The minimum atomic E-state index is -0.483. The Morgan fingerprint density at radius 2 is 2.42 bits per heavy atom. The van der Waals surface area contributed by atoms with Crippen LogP contribution in [0.3, 0.4) is 0 Å². The molecule has 1 aromatic rings. The van der Waals surface area contributed by atoms with E-state index in [0.29, 0.717) is 11.4 Å². The number of aliphatic hydroxyl groups is 1. The lowest BCUT2D eigenvalue weighted by Gasteiger charge is -2.07. The first-order valence-corrected chi connectivity index (χ1v) is 5.01. The van der Waals surface area contributed by atoms with Crippen molar-refractivity contribution in [3.05, 3.63) is 24.3 Å². The zero-order valence-corrected chi connectivity index (χ0v) is 7.79. The molecule has 0 aliphatic heterocycles. The SMILES string of the molecule is CCSCC(O)c1cnccn1. The highest BCUT2D eigenvalue weighted by atomic mass is 32.2. The van der Waals surface area contributed by atoms with Gasteiger partial charge in [0.15, 0.2) is 0 Å². The van der Waals surface area contributed by atoms with E-state index < -0.39 is 6.10 Å². The molecular formula is C8H12N2OS. The highest BCUT2D eigenvalue weighted by molar-refractivity contribution is 7.99. The minimum absolute atomic E-state index is 0.483. The van der Waals surface area contributed by atoms with Crippen molar-refractivity contribution in [2.24, 2.45) is 0 Å². The predicted octanol–water partition coefficient (Wildman–Crippen LogP) is 1.26. The summed E-state index contributed by atoms with van der Waals surface area (Å²) in [4.78, 5) is 7.89. The highest BCUT2D eigenvalue weighted by Gasteiger charge is 2.07. The molecule has 0 saturated carbocycles. The van der Waals surface area contributed by atoms with Gasteiger partial charge in [0.1, 0.15) is 6.10 Å². The Morgan fingerprint density at radius 1 is 1.58 bits per heavy atom. The molecule has 0 spiro atoms. The Morgan fingerprint density at radius 3 is 3.00 bits per heavy atom. The quantitative estimate of drug-likeness (QED) is 0.765. The van der Waals surface area contributed by atoms with Crippen molar-refractivity contribution in [3.8, 4) is 0 Å².